The van der Waals surface area contributed by atoms with E-state index in [4.69, 9.17) is 10.1 Å². The van der Waals surface area contributed by atoms with Gasteiger partial charge in [0.05, 0.1) is 28.3 Å². The van der Waals surface area contributed by atoms with E-state index in [0.29, 0.717) is 47.6 Å². The lowest BCUT2D eigenvalue weighted by molar-refractivity contribution is -0.137. The molecule has 0 spiro atoms. The van der Waals surface area contributed by atoms with Crippen molar-refractivity contribution in [2.75, 3.05) is 0 Å². The number of unbranched alkanes of at least 4 members (excludes halogenated alkanes) is 1. The summed E-state index contributed by atoms with van der Waals surface area (Å²) in [4.78, 5) is 29.1. The molecule has 0 saturated heterocycles. The van der Waals surface area contributed by atoms with E-state index in [1.165, 1.54) is 29.5 Å². The zero-order valence-corrected chi connectivity index (χ0v) is 17.9. The van der Waals surface area contributed by atoms with Crippen LogP contribution in [0.15, 0.2) is 63.6 Å². The molecule has 1 saturated carbocycles. The topological polar surface area (TPSA) is 96.9 Å². The fraction of sp³-hybridized carbons (Fsp3) is 0.320. The van der Waals surface area contributed by atoms with Crippen molar-refractivity contribution in [1.82, 2.24) is 9.55 Å². The molecule has 0 bridgehead atoms. The van der Waals surface area contributed by atoms with Crippen molar-refractivity contribution in [3.63, 3.8) is 0 Å². The van der Waals surface area contributed by atoms with Crippen LogP contribution >= 0.6 is 0 Å². The van der Waals surface area contributed by atoms with E-state index in [-0.39, 0.29) is 18.0 Å². The molecule has 5 rings (SSSR count). The van der Waals surface area contributed by atoms with E-state index >= 15 is 0 Å². The molecule has 168 valence electrons. The fourth-order valence-electron chi connectivity index (χ4n) is 4.15. The number of carboxylic acids is 1. The minimum absolute atomic E-state index is 0.0554. The van der Waals surface area contributed by atoms with Gasteiger partial charge in [-0.2, -0.15) is 10.2 Å². The first kappa shape index (κ1) is 21.2. The summed E-state index contributed by atoms with van der Waals surface area (Å²) in [5.41, 5.74) is 2.48. The van der Waals surface area contributed by atoms with Crippen LogP contribution in [-0.2, 0) is 11.2 Å². The lowest BCUT2D eigenvalue weighted by Crippen LogP contribution is -2.24. The van der Waals surface area contributed by atoms with Gasteiger partial charge in [0.1, 0.15) is 11.6 Å². The quantitative estimate of drug-likeness (QED) is 0.497. The van der Waals surface area contributed by atoms with Crippen LogP contribution < -0.4 is 5.56 Å². The van der Waals surface area contributed by atoms with Crippen molar-refractivity contribution in [2.45, 2.75) is 44.6 Å². The van der Waals surface area contributed by atoms with E-state index in [0.717, 1.165) is 11.3 Å². The number of fused-ring (bicyclic) bond motifs is 1. The van der Waals surface area contributed by atoms with Crippen LogP contribution in [0.4, 0.5) is 4.39 Å². The second-order valence-corrected chi connectivity index (χ2v) is 8.57. The number of azo groups is 1. The van der Waals surface area contributed by atoms with Crippen molar-refractivity contribution >= 4 is 22.6 Å². The molecule has 1 aliphatic heterocycles. The Hall–Kier alpha value is -3.68. The Bertz CT molecular complexity index is 1340. The van der Waals surface area contributed by atoms with Gasteiger partial charge < -0.3 is 5.11 Å². The van der Waals surface area contributed by atoms with Crippen molar-refractivity contribution < 1.29 is 14.3 Å². The summed E-state index contributed by atoms with van der Waals surface area (Å²) >= 11 is 0. The van der Waals surface area contributed by atoms with Crippen LogP contribution in [0.3, 0.4) is 0 Å². The predicted octanol–water partition coefficient (Wildman–Crippen LogP) is 4.91. The lowest BCUT2D eigenvalue weighted by Gasteiger charge is -2.14. The summed E-state index contributed by atoms with van der Waals surface area (Å²) in [6.45, 7) is 0. The van der Waals surface area contributed by atoms with Gasteiger partial charge in [-0.25, -0.2) is 9.37 Å². The highest BCUT2D eigenvalue weighted by atomic mass is 19.1. The zero-order chi connectivity index (χ0) is 22.9. The van der Waals surface area contributed by atoms with Crippen LogP contribution in [0, 0.1) is 11.7 Å². The van der Waals surface area contributed by atoms with Crippen LogP contribution in [0.5, 0.6) is 0 Å². The van der Waals surface area contributed by atoms with Gasteiger partial charge in [0.25, 0.3) is 5.56 Å². The van der Waals surface area contributed by atoms with E-state index in [2.05, 4.69) is 16.3 Å². The Morgan fingerprint density at radius 3 is 2.64 bits per heavy atom. The summed E-state index contributed by atoms with van der Waals surface area (Å²) in [6.07, 6.45) is 5.95. The number of nitrogens with zero attached hydrogens (tertiary/aromatic N) is 4. The first-order valence-corrected chi connectivity index (χ1v) is 11.2. The van der Waals surface area contributed by atoms with Gasteiger partial charge in [0, 0.05) is 18.4 Å². The Morgan fingerprint density at radius 2 is 1.91 bits per heavy atom. The first-order chi connectivity index (χ1) is 16.0. The number of hydrogen-bond acceptors (Lipinski definition) is 5. The SMILES string of the molecule is O=C(O)CCCCc1nc2cc(C3=CC(C4CC4)N=N3)ccc2c(=O)n1-c1ccc(F)cc1. The summed E-state index contributed by atoms with van der Waals surface area (Å²) < 4.78 is 15.0. The number of halogens is 1. The molecular weight excluding hydrogens is 423 g/mol. The third kappa shape index (κ3) is 4.46. The second-order valence-electron chi connectivity index (χ2n) is 8.57. The van der Waals surface area contributed by atoms with Gasteiger partial charge in [-0.15, -0.1) is 0 Å². The van der Waals surface area contributed by atoms with Gasteiger partial charge in [0.2, 0.25) is 0 Å². The number of aliphatic carboxylic acids is 1. The lowest BCUT2D eigenvalue weighted by atomic mass is 10.1. The molecule has 0 amide bonds. The third-order valence-corrected chi connectivity index (χ3v) is 6.09. The highest BCUT2D eigenvalue weighted by Gasteiger charge is 2.32. The number of carboxylic acid groups (broad SMARTS) is 1. The van der Waals surface area contributed by atoms with Crippen molar-refractivity contribution in [1.29, 1.82) is 0 Å². The molecule has 0 radical (unpaired) electrons. The van der Waals surface area contributed by atoms with E-state index in [9.17, 15) is 14.0 Å². The Morgan fingerprint density at radius 1 is 1.12 bits per heavy atom. The molecule has 1 aromatic heterocycles. The van der Waals surface area contributed by atoms with Crippen LogP contribution in [0.25, 0.3) is 22.3 Å². The molecule has 1 aliphatic carbocycles. The molecule has 33 heavy (non-hydrogen) atoms. The summed E-state index contributed by atoms with van der Waals surface area (Å²) in [5, 5.41) is 18.1. The molecule has 8 heteroatoms. The van der Waals surface area contributed by atoms with Crippen molar-refractivity contribution in [3.05, 3.63) is 76.1 Å². The Labute approximate surface area is 189 Å². The van der Waals surface area contributed by atoms with Crippen molar-refractivity contribution in [3.8, 4) is 5.69 Å². The average Bonchev–Trinajstić information content (AvgIpc) is 3.54. The molecule has 3 aromatic rings. The van der Waals surface area contributed by atoms with E-state index < -0.39 is 11.8 Å². The highest BCUT2D eigenvalue weighted by molar-refractivity contribution is 5.83. The number of rotatable bonds is 8. The number of aryl methyl sites for hydroxylation is 1. The van der Waals surface area contributed by atoms with Crippen LogP contribution in [-0.4, -0.2) is 26.7 Å². The second kappa shape index (κ2) is 8.69. The molecule has 1 fully saturated rings. The molecule has 2 heterocycles. The fourth-order valence-corrected chi connectivity index (χ4v) is 4.15. The molecule has 1 unspecified atom stereocenters. The van der Waals surface area contributed by atoms with Crippen LogP contribution in [0.1, 0.15) is 43.5 Å². The number of hydrogen-bond donors (Lipinski definition) is 1. The maximum absolute atomic E-state index is 13.5. The largest absolute Gasteiger partial charge is 0.481 e. The zero-order valence-electron chi connectivity index (χ0n) is 17.9. The molecule has 7 nitrogen and oxygen atoms in total. The van der Waals surface area contributed by atoms with Crippen molar-refractivity contribution in [2.24, 2.45) is 16.1 Å². The maximum Gasteiger partial charge on any atom is 0.303 e. The minimum atomic E-state index is -0.856. The minimum Gasteiger partial charge on any atom is -0.481 e. The maximum atomic E-state index is 13.5. The van der Waals surface area contributed by atoms with E-state index in [1.54, 1.807) is 18.2 Å². The standard InChI is InChI=1S/C25H23FN4O3/c26-17-8-10-18(11-9-17)30-23(3-1-2-4-24(31)32)27-22-13-16(7-12-19(22)25(30)33)21-14-20(28-29-21)15-5-6-15/h7-15,20H,1-6H2,(H,31,32). The third-order valence-electron chi connectivity index (χ3n) is 6.09. The number of benzene rings is 2. The first-order valence-electron chi connectivity index (χ1n) is 11.2. The predicted molar refractivity (Wildman–Crippen MR) is 122 cm³/mol. The smallest absolute Gasteiger partial charge is 0.303 e. The Kier molecular flexibility index (Phi) is 5.58. The van der Waals surface area contributed by atoms with Gasteiger partial charge in [-0.3, -0.25) is 14.2 Å². The number of aromatic nitrogens is 2. The molecule has 1 N–H and O–H groups in total. The molecule has 2 aliphatic rings. The summed E-state index contributed by atoms with van der Waals surface area (Å²) in [7, 11) is 0. The van der Waals surface area contributed by atoms with E-state index in [1.807, 2.05) is 12.1 Å². The van der Waals surface area contributed by atoms with Gasteiger partial charge in [-0.1, -0.05) is 6.07 Å². The Balaban J connectivity index is 1.55. The summed E-state index contributed by atoms with van der Waals surface area (Å²) in [5.74, 6) is -0.146. The van der Waals surface area contributed by atoms with Gasteiger partial charge >= 0.3 is 5.97 Å². The van der Waals surface area contributed by atoms with Gasteiger partial charge in [0.15, 0.2) is 0 Å². The summed E-state index contributed by atoms with van der Waals surface area (Å²) in [6, 6.07) is 11.3. The average molecular weight is 446 g/mol. The normalized spacial score (nSPS) is 17.5. The monoisotopic (exact) mass is 446 g/mol. The van der Waals surface area contributed by atoms with Gasteiger partial charge in [-0.05, 0) is 74.1 Å². The molecule has 1 atom stereocenters. The number of carbonyl (C=O) groups is 1. The highest BCUT2D eigenvalue weighted by Crippen LogP contribution is 2.39. The molecule has 2 aromatic carbocycles. The molecular formula is C25H23FN4O3. The van der Waals surface area contributed by atoms with Crippen LogP contribution in [0.2, 0.25) is 0 Å².